The topological polar surface area (TPSA) is 54.2 Å². The summed E-state index contributed by atoms with van der Waals surface area (Å²) < 4.78 is 7.50. The maximum Gasteiger partial charge on any atom is 0.194 e. The monoisotopic (exact) mass is 321 g/mol. The number of ether oxygens (including phenoxy) is 1. The minimum atomic E-state index is 0.599. The van der Waals surface area contributed by atoms with Crippen molar-refractivity contribution in [2.75, 3.05) is 33.4 Å². The molecule has 3 heterocycles. The Morgan fingerprint density at radius 3 is 3.27 bits per heavy atom. The molecule has 2 aromatic heterocycles. The Balaban J connectivity index is 1.64. The molecule has 2 aromatic rings. The fraction of sp³-hybridized carbons (Fsp3) is 0.600. The first kappa shape index (κ1) is 15.3. The largest absolute Gasteiger partial charge is 0.381 e. The van der Waals surface area contributed by atoms with E-state index in [0.717, 1.165) is 49.3 Å². The van der Waals surface area contributed by atoms with Gasteiger partial charge in [0.05, 0.1) is 18.8 Å². The van der Waals surface area contributed by atoms with Crippen LogP contribution in [0, 0.1) is 5.92 Å². The minimum absolute atomic E-state index is 0.599. The van der Waals surface area contributed by atoms with Gasteiger partial charge in [0.2, 0.25) is 0 Å². The van der Waals surface area contributed by atoms with Gasteiger partial charge in [0.25, 0.3) is 0 Å². The van der Waals surface area contributed by atoms with Crippen LogP contribution in [0.3, 0.4) is 0 Å². The zero-order valence-corrected chi connectivity index (χ0v) is 14.0. The zero-order chi connectivity index (χ0) is 15.4. The number of imidazole rings is 1. The Hall–Kier alpha value is -1.60. The molecule has 3 rings (SSSR count). The molecule has 6 nitrogen and oxygen atoms in total. The van der Waals surface area contributed by atoms with Crippen LogP contribution in [0.5, 0.6) is 0 Å². The minimum Gasteiger partial charge on any atom is -0.381 e. The number of guanidine groups is 1. The summed E-state index contributed by atoms with van der Waals surface area (Å²) in [7, 11) is 2.09. The van der Waals surface area contributed by atoms with Crippen LogP contribution in [0.2, 0.25) is 0 Å². The van der Waals surface area contributed by atoms with Crippen molar-refractivity contribution < 1.29 is 4.74 Å². The molecular weight excluding hydrogens is 298 g/mol. The lowest BCUT2D eigenvalue weighted by atomic mass is 10.1. The Morgan fingerprint density at radius 2 is 2.55 bits per heavy atom. The zero-order valence-electron chi connectivity index (χ0n) is 13.2. The maximum absolute atomic E-state index is 5.45. The number of thiazole rings is 1. The SMILES string of the molecule is CCNC(=NCc1cn2ccsc2n1)N(C)CC1CCOC1. The van der Waals surface area contributed by atoms with Crippen LogP contribution in [0.1, 0.15) is 19.0 Å². The molecule has 1 atom stereocenters. The van der Waals surface area contributed by atoms with Crippen molar-refractivity contribution in [1.82, 2.24) is 19.6 Å². The second-order valence-corrected chi connectivity index (χ2v) is 6.48. The highest BCUT2D eigenvalue weighted by atomic mass is 32.1. The van der Waals surface area contributed by atoms with Gasteiger partial charge in [-0.15, -0.1) is 11.3 Å². The fourth-order valence-electron chi connectivity index (χ4n) is 2.68. The lowest BCUT2D eigenvalue weighted by molar-refractivity contribution is 0.181. The third-order valence-electron chi connectivity index (χ3n) is 3.79. The molecule has 1 N–H and O–H groups in total. The van der Waals surface area contributed by atoms with Gasteiger partial charge < -0.3 is 15.0 Å². The predicted octanol–water partition coefficient (Wildman–Crippen LogP) is 1.83. The highest BCUT2D eigenvalue weighted by molar-refractivity contribution is 7.15. The van der Waals surface area contributed by atoms with Gasteiger partial charge in [-0.1, -0.05) is 0 Å². The fourth-order valence-corrected chi connectivity index (χ4v) is 3.40. The van der Waals surface area contributed by atoms with Gasteiger partial charge in [0, 0.05) is 50.4 Å². The summed E-state index contributed by atoms with van der Waals surface area (Å²) >= 11 is 1.64. The molecule has 0 aliphatic carbocycles. The summed E-state index contributed by atoms with van der Waals surface area (Å²) in [4.78, 5) is 12.5. The van der Waals surface area contributed by atoms with Crippen molar-refractivity contribution in [3.8, 4) is 0 Å². The molecule has 1 aliphatic heterocycles. The van der Waals surface area contributed by atoms with E-state index in [9.17, 15) is 0 Å². The number of aromatic nitrogens is 2. The van der Waals surface area contributed by atoms with E-state index in [1.165, 1.54) is 0 Å². The summed E-state index contributed by atoms with van der Waals surface area (Å²) in [5, 5.41) is 5.40. The maximum atomic E-state index is 5.45. The molecule has 1 saturated heterocycles. The number of rotatable bonds is 5. The molecule has 1 fully saturated rings. The molecule has 22 heavy (non-hydrogen) atoms. The standard InChI is InChI=1S/C15H23N5OS/c1-3-16-14(19(2)9-12-4-6-21-11-12)17-8-13-10-20-5-7-22-15(20)18-13/h5,7,10,12H,3-4,6,8-9,11H2,1-2H3,(H,16,17). The van der Waals surface area contributed by atoms with Crippen LogP contribution in [-0.2, 0) is 11.3 Å². The predicted molar refractivity (Wildman–Crippen MR) is 89.4 cm³/mol. The molecule has 0 bridgehead atoms. The van der Waals surface area contributed by atoms with Crippen LogP contribution < -0.4 is 5.32 Å². The van der Waals surface area contributed by atoms with E-state index in [1.54, 1.807) is 11.3 Å². The summed E-state index contributed by atoms with van der Waals surface area (Å²) in [6.45, 7) is 6.28. The van der Waals surface area contributed by atoms with Gasteiger partial charge in [0.15, 0.2) is 10.9 Å². The van der Waals surface area contributed by atoms with E-state index in [-0.39, 0.29) is 0 Å². The van der Waals surface area contributed by atoms with Crippen LogP contribution in [0.4, 0.5) is 0 Å². The number of nitrogens with one attached hydrogen (secondary N) is 1. The van der Waals surface area contributed by atoms with Crippen molar-refractivity contribution in [1.29, 1.82) is 0 Å². The van der Waals surface area contributed by atoms with Gasteiger partial charge in [-0.2, -0.15) is 0 Å². The molecule has 1 aliphatic rings. The number of aliphatic imine (C=N–C) groups is 1. The number of hydrogen-bond donors (Lipinski definition) is 1. The quantitative estimate of drug-likeness (QED) is 0.674. The van der Waals surface area contributed by atoms with E-state index in [0.29, 0.717) is 12.5 Å². The van der Waals surface area contributed by atoms with Crippen molar-refractivity contribution >= 4 is 22.3 Å². The average molecular weight is 321 g/mol. The van der Waals surface area contributed by atoms with E-state index in [2.05, 4.69) is 29.2 Å². The van der Waals surface area contributed by atoms with E-state index < -0.39 is 0 Å². The smallest absolute Gasteiger partial charge is 0.194 e. The van der Waals surface area contributed by atoms with Crippen molar-refractivity contribution in [3.05, 3.63) is 23.5 Å². The number of nitrogens with zero attached hydrogens (tertiary/aromatic N) is 4. The summed E-state index contributed by atoms with van der Waals surface area (Å²) in [5.74, 6) is 1.54. The van der Waals surface area contributed by atoms with Crippen LogP contribution >= 0.6 is 11.3 Å². The molecule has 0 spiro atoms. The van der Waals surface area contributed by atoms with Crippen LogP contribution in [0.25, 0.3) is 4.96 Å². The lowest BCUT2D eigenvalue weighted by Gasteiger charge is -2.24. The normalized spacial score (nSPS) is 19.0. The second-order valence-electron chi connectivity index (χ2n) is 5.61. The lowest BCUT2D eigenvalue weighted by Crippen LogP contribution is -2.41. The molecule has 120 valence electrons. The van der Waals surface area contributed by atoms with Gasteiger partial charge >= 0.3 is 0 Å². The molecule has 1 unspecified atom stereocenters. The molecule has 0 amide bonds. The Bertz CT molecular complexity index is 600. The van der Waals surface area contributed by atoms with E-state index in [1.807, 2.05) is 22.2 Å². The molecular formula is C15H23N5OS. The van der Waals surface area contributed by atoms with E-state index in [4.69, 9.17) is 9.73 Å². The molecule has 7 heteroatoms. The summed E-state index contributed by atoms with van der Waals surface area (Å²) in [5.41, 5.74) is 1.000. The summed E-state index contributed by atoms with van der Waals surface area (Å²) in [6.07, 6.45) is 5.21. The number of fused-ring (bicyclic) bond motifs is 1. The highest BCUT2D eigenvalue weighted by Crippen LogP contribution is 2.14. The first-order chi connectivity index (χ1) is 10.8. The summed E-state index contributed by atoms with van der Waals surface area (Å²) in [6, 6.07) is 0. The van der Waals surface area contributed by atoms with Gasteiger partial charge in [0.1, 0.15) is 0 Å². The third kappa shape index (κ3) is 3.59. The molecule has 0 radical (unpaired) electrons. The van der Waals surface area contributed by atoms with Crippen molar-refractivity contribution in [2.45, 2.75) is 19.9 Å². The molecule has 0 aromatic carbocycles. The van der Waals surface area contributed by atoms with Crippen molar-refractivity contribution in [3.63, 3.8) is 0 Å². The van der Waals surface area contributed by atoms with Crippen LogP contribution in [0.15, 0.2) is 22.8 Å². The second kappa shape index (κ2) is 7.11. The highest BCUT2D eigenvalue weighted by Gasteiger charge is 2.19. The Labute approximate surface area is 134 Å². The first-order valence-corrected chi connectivity index (χ1v) is 8.62. The average Bonchev–Trinajstić information content (AvgIpc) is 3.19. The third-order valence-corrected chi connectivity index (χ3v) is 4.56. The Kier molecular flexibility index (Phi) is 4.94. The van der Waals surface area contributed by atoms with Crippen molar-refractivity contribution in [2.24, 2.45) is 10.9 Å². The van der Waals surface area contributed by atoms with Gasteiger partial charge in [-0.3, -0.25) is 4.40 Å². The first-order valence-electron chi connectivity index (χ1n) is 7.74. The van der Waals surface area contributed by atoms with Gasteiger partial charge in [-0.05, 0) is 13.3 Å². The van der Waals surface area contributed by atoms with Gasteiger partial charge in [-0.25, -0.2) is 9.98 Å². The Morgan fingerprint density at radius 1 is 1.64 bits per heavy atom. The van der Waals surface area contributed by atoms with E-state index >= 15 is 0 Å². The van der Waals surface area contributed by atoms with Crippen LogP contribution in [-0.4, -0.2) is 53.6 Å². The molecule has 0 saturated carbocycles. The number of hydrogen-bond acceptors (Lipinski definition) is 4.